The second kappa shape index (κ2) is 4.66. The zero-order chi connectivity index (χ0) is 9.38. The third kappa shape index (κ3) is 2.11. The molecule has 0 N–H and O–H groups in total. The van der Waals surface area contributed by atoms with Gasteiger partial charge in [0.05, 0.1) is 0 Å². The highest BCUT2D eigenvalue weighted by molar-refractivity contribution is 5.27. The van der Waals surface area contributed by atoms with Gasteiger partial charge in [-0.3, -0.25) is 0 Å². The Labute approximate surface area is 111 Å². The molecule has 1 heterocycles. The maximum Gasteiger partial charge on any atom is 0.358 e. The summed E-state index contributed by atoms with van der Waals surface area (Å²) in [5.74, 6) is 0. The van der Waals surface area contributed by atoms with E-state index in [4.69, 9.17) is 0 Å². The van der Waals surface area contributed by atoms with Gasteiger partial charge >= 0.3 is 21.2 Å². The van der Waals surface area contributed by atoms with E-state index in [1.165, 1.54) is 0 Å². The molecule has 2 aromatic carbocycles. The molecule has 0 saturated heterocycles. The van der Waals surface area contributed by atoms with Gasteiger partial charge in [-0.2, -0.15) is 0 Å². The summed E-state index contributed by atoms with van der Waals surface area (Å²) in [5, 5.41) is 0. The van der Waals surface area contributed by atoms with E-state index >= 15 is 0 Å². The summed E-state index contributed by atoms with van der Waals surface area (Å²) in [7, 11) is 0. The highest BCUT2D eigenvalue weighted by Gasteiger charge is 2.27. The van der Waals surface area contributed by atoms with Crippen molar-refractivity contribution in [3.63, 3.8) is 0 Å². The van der Waals surface area contributed by atoms with Gasteiger partial charge in [0.15, 0.2) is 7.14 Å². The van der Waals surface area contributed by atoms with Crippen LogP contribution in [-0.4, -0.2) is 0 Å². The Balaban J connectivity index is 0.000000853. The van der Waals surface area contributed by atoms with Crippen molar-refractivity contribution in [2.75, 3.05) is 0 Å². The van der Waals surface area contributed by atoms with Crippen molar-refractivity contribution in [2.45, 2.75) is 6.42 Å². The first-order chi connectivity index (χ1) is 6.93. The zero-order valence-corrected chi connectivity index (χ0v) is 11.8. The highest BCUT2D eigenvalue weighted by atomic mass is 127. The molecule has 0 nitrogen and oxygen atoms in total. The second-order valence-electron chi connectivity index (χ2n) is 3.45. The van der Waals surface area contributed by atoms with Crippen molar-refractivity contribution in [2.24, 2.45) is 0 Å². The van der Waals surface area contributed by atoms with Crippen molar-refractivity contribution in [3.8, 4) is 0 Å². The topological polar surface area (TPSA) is 0 Å². The standard InChI is InChI=1S/C13H10I.BrH/c1-3-7-12-10(5-1)9-11-6-2-4-8-13(11)14-12;/h1-8H,9H2;1H/q+1;/p-1. The average Bonchev–Trinajstić information content (AvgIpc) is 2.26. The molecule has 0 aliphatic carbocycles. The Kier molecular flexibility index (Phi) is 3.46. The van der Waals surface area contributed by atoms with E-state index < -0.39 is 0 Å². The van der Waals surface area contributed by atoms with Crippen LogP contribution in [0.15, 0.2) is 48.5 Å². The van der Waals surface area contributed by atoms with Gasteiger partial charge in [0.1, 0.15) is 0 Å². The Morgan fingerprint density at radius 3 is 1.73 bits per heavy atom. The summed E-state index contributed by atoms with van der Waals surface area (Å²) in [6, 6.07) is 17.7. The van der Waals surface area contributed by atoms with Crippen LogP contribution >= 0.6 is 0 Å². The van der Waals surface area contributed by atoms with Gasteiger partial charge in [0.2, 0.25) is 0 Å². The van der Waals surface area contributed by atoms with Crippen molar-refractivity contribution >= 4 is 0 Å². The van der Waals surface area contributed by atoms with Crippen LogP contribution in [0.4, 0.5) is 0 Å². The predicted octanol–water partition coefficient (Wildman–Crippen LogP) is -3.28. The lowest BCUT2D eigenvalue weighted by atomic mass is 10.1. The lowest BCUT2D eigenvalue weighted by Crippen LogP contribution is -3.62. The third-order valence-corrected chi connectivity index (χ3v) is 5.77. The van der Waals surface area contributed by atoms with E-state index in [-0.39, 0.29) is 38.2 Å². The van der Waals surface area contributed by atoms with Crippen LogP contribution in [0.5, 0.6) is 0 Å². The van der Waals surface area contributed by atoms with E-state index in [2.05, 4.69) is 48.5 Å². The molecular formula is C13H10BrI. The molecule has 76 valence electrons. The number of fused-ring (bicyclic) bond motifs is 2. The van der Waals surface area contributed by atoms with Crippen molar-refractivity contribution < 1.29 is 38.2 Å². The summed E-state index contributed by atoms with van der Waals surface area (Å²) < 4.78 is 3.20. The molecule has 0 unspecified atom stereocenters. The van der Waals surface area contributed by atoms with E-state index in [1.54, 1.807) is 18.3 Å². The molecule has 2 aromatic rings. The number of hydrogen-bond acceptors (Lipinski definition) is 0. The minimum Gasteiger partial charge on any atom is -1.00 e. The van der Waals surface area contributed by atoms with Gasteiger partial charge in [-0.1, -0.05) is 36.4 Å². The second-order valence-corrected chi connectivity index (χ2v) is 6.32. The zero-order valence-electron chi connectivity index (χ0n) is 8.08. The first kappa shape index (κ1) is 11.1. The fourth-order valence-electron chi connectivity index (χ4n) is 1.78. The van der Waals surface area contributed by atoms with E-state index in [1.807, 2.05) is 0 Å². The average molecular weight is 373 g/mol. The maximum atomic E-state index is 2.29. The minimum atomic E-state index is 0. The maximum absolute atomic E-state index is 2.29. The lowest BCUT2D eigenvalue weighted by molar-refractivity contribution is -0.601. The van der Waals surface area contributed by atoms with Crippen LogP contribution in [0.2, 0.25) is 0 Å². The summed E-state index contributed by atoms with van der Waals surface area (Å²) in [6.45, 7) is 0. The first-order valence-electron chi connectivity index (χ1n) is 4.74. The van der Waals surface area contributed by atoms with Crippen LogP contribution in [0, 0.1) is 7.14 Å². The quantitative estimate of drug-likeness (QED) is 0.363. The van der Waals surface area contributed by atoms with Crippen LogP contribution in [-0.2, 0) is 6.42 Å². The van der Waals surface area contributed by atoms with Gasteiger partial charge in [-0.15, -0.1) is 0 Å². The Morgan fingerprint density at radius 2 is 1.20 bits per heavy atom. The van der Waals surface area contributed by atoms with Crippen LogP contribution < -0.4 is 38.2 Å². The smallest absolute Gasteiger partial charge is 0.358 e. The molecule has 0 fully saturated rings. The fourth-order valence-corrected chi connectivity index (χ4v) is 4.62. The molecule has 0 radical (unpaired) electrons. The van der Waals surface area contributed by atoms with Crippen LogP contribution in [0.25, 0.3) is 0 Å². The lowest BCUT2D eigenvalue weighted by Gasteiger charge is -2.07. The summed E-state index contributed by atoms with van der Waals surface area (Å²) in [6.07, 6.45) is 1.13. The van der Waals surface area contributed by atoms with Gasteiger partial charge in [-0.05, 0) is 12.1 Å². The van der Waals surface area contributed by atoms with Gasteiger partial charge in [0, 0.05) is 17.5 Å². The van der Waals surface area contributed by atoms with Crippen molar-refractivity contribution in [1.29, 1.82) is 0 Å². The van der Waals surface area contributed by atoms with Gasteiger partial charge in [-0.25, -0.2) is 0 Å². The summed E-state index contributed by atoms with van der Waals surface area (Å²) >= 11 is 0.0753. The van der Waals surface area contributed by atoms with E-state index in [0.717, 1.165) is 6.42 Å². The molecule has 0 saturated carbocycles. The van der Waals surface area contributed by atoms with Gasteiger partial charge < -0.3 is 17.0 Å². The molecule has 1 aliphatic rings. The molecule has 15 heavy (non-hydrogen) atoms. The number of rotatable bonds is 0. The third-order valence-electron chi connectivity index (χ3n) is 2.50. The molecule has 1 aliphatic heterocycles. The van der Waals surface area contributed by atoms with Crippen LogP contribution in [0.1, 0.15) is 11.1 Å². The normalized spacial score (nSPS) is 12.3. The first-order valence-corrected chi connectivity index (χ1v) is 6.90. The van der Waals surface area contributed by atoms with Crippen LogP contribution in [0.3, 0.4) is 0 Å². The molecule has 3 rings (SSSR count). The van der Waals surface area contributed by atoms with Crippen molar-refractivity contribution in [3.05, 3.63) is 66.8 Å². The molecule has 2 heteroatoms. The Morgan fingerprint density at radius 1 is 0.733 bits per heavy atom. The fraction of sp³-hybridized carbons (Fsp3) is 0.0769. The van der Waals surface area contributed by atoms with E-state index in [0.29, 0.717) is 0 Å². The van der Waals surface area contributed by atoms with Crippen molar-refractivity contribution in [1.82, 2.24) is 0 Å². The highest BCUT2D eigenvalue weighted by Crippen LogP contribution is 2.11. The molecule has 0 spiro atoms. The molecule has 0 amide bonds. The molecule has 0 aromatic heterocycles. The molecule has 0 bridgehead atoms. The summed E-state index contributed by atoms with van der Waals surface area (Å²) in [4.78, 5) is 0. The van der Waals surface area contributed by atoms with Gasteiger partial charge in [0.25, 0.3) is 0 Å². The molecular weight excluding hydrogens is 363 g/mol. The number of benzene rings is 2. The Bertz CT molecular complexity index is 392. The predicted molar refractivity (Wildman–Crippen MR) is 53.1 cm³/mol. The van der Waals surface area contributed by atoms with E-state index in [9.17, 15) is 0 Å². The minimum absolute atomic E-state index is 0. The Hall–Kier alpha value is -0.350. The monoisotopic (exact) mass is 372 g/mol. The number of halogens is 2. The SMILES string of the molecule is [Br-].c1ccc2c(c1)Cc1ccccc1[I+]2. The molecule has 0 atom stereocenters. The summed E-state index contributed by atoms with van der Waals surface area (Å²) in [5.41, 5.74) is 3.08. The largest absolute Gasteiger partial charge is 1.00 e. The number of hydrogen-bond donors (Lipinski definition) is 0.